The molecule has 7 heteroatoms. The zero-order chi connectivity index (χ0) is 20.3. The number of sulfonamides is 1. The second-order valence-corrected chi connectivity index (χ2v) is 8.94. The Balaban J connectivity index is 1.56. The second-order valence-electron chi connectivity index (χ2n) is 7.00. The van der Waals surface area contributed by atoms with Gasteiger partial charge < -0.3 is 9.32 Å². The number of fused-ring (bicyclic) bond motifs is 1. The number of nitrogens with zero attached hydrogens (tertiary/aromatic N) is 2. The Morgan fingerprint density at radius 2 is 1.69 bits per heavy atom. The van der Waals surface area contributed by atoms with E-state index < -0.39 is 10.0 Å². The van der Waals surface area contributed by atoms with Crippen molar-refractivity contribution in [2.45, 2.75) is 24.4 Å². The number of furan rings is 1. The van der Waals surface area contributed by atoms with E-state index in [4.69, 9.17) is 4.42 Å². The first kappa shape index (κ1) is 19.4. The van der Waals surface area contributed by atoms with Crippen molar-refractivity contribution in [3.8, 4) is 0 Å². The van der Waals surface area contributed by atoms with Crippen LogP contribution in [0.3, 0.4) is 0 Å². The van der Waals surface area contributed by atoms with E-state index in [1.54, 1.807) is 35.2 Å². The van der Waals surface area contributed by atoms with E-state index in [-0.39, 0.29) is 23.9 Å². The van der Waals surface area contributed by atoms with Gasteiger partial charge in [0, 0.05) is 13.1 Å². The maximum Gasteiger partial charge on any atom is 0.243 e. The molecule has 0 N–H and O–H groups in total. The van der Waals surface area contributed by atoms with Crippen LogP contribution in [0.25, 0.3) is 0 Å². The van der Waals surface area contributed by atoms with E-state index in [1.165, 1.54) is 28.3 Å². The van der Waals surface area contributed by atoms with E-state index in [9.17, 15) is 13.2 Å². The standard InChI is InChI=1S/C22H22N2O4S/c25-22(23-13-12-18-7-4-5-8-19(18)15-23)17-24(16-20-9-6-14-28-20)29(26,27)21-10-2-1-3-11-21/h1-11,14H,12-13,15-17H2. The zero-order valence-corrected chi connectivity index (χ0v) is 16.7. The first-order valence-corrected chi connectivity index (χ1v) is 10.9. The number of hydrogen-bond donors (Lipinski definition) is 0. The van der Waals surface area contributed by atoms with Crippen LogP contribution in [0.4, 0.5) is 0 Å². The van der Waals surface area contributed by atoms with Crippen molar-refractivity contribution < 1.29 is 17.6 Å². The highest BCUT2D eigenvalue weighted by atomic mass is 32.2. The smallest absolute Gasteiger partial charge is 0.243 e. The summed E-state index contributed by atoms with van der Waals surface area (Å²) in [6.07, 6.45) is 2.26. The Morgan fingerprint density at radius 3 is 2.41 bits per heavy atom. The van der Waals surface area contributed by atoms with Gasteiger partial charge in [-0.2, -0.15) is 4.31 Å². The third-order valence-corrected chi connectivity index (χ3v) is 6.89. The summed E-state index contributed by atoms with van der Waals surface area (Å²) in [5.41, 5.74) is 2.34. The third-order valence-electron chi connectivity index (χ3n) is 5.09. The highest BCUT2D eigenvalue weighted by molar-refractivity contribution is 7.89. The van der Waals surface area contributed by atoms with Gasteiger partial charge in [-0.1, -0.05) is 42.5 Å². The lowest BCUT2D eigenvalue weighted by molar-refractivity contribution is -0.132. The fraction of sp³-hybridized carbons (Fsp3) is 0.227. The molecule has 6 nitrogen and oxygen atoms in total. The molecule has 0 atom stereocenters. The van der Waals surface area contributed by atoms with Gasteiger partial charge in [-0.3, -0.25) is 4.79 Å². The molecule has 0 fully saturated rings. The molecule has 1 aliphatic heterocycles. The summed E-state index contributed by atoms with van der Waals surface area (Å²) in [4.78, 5) is 14.9. The van der Waals surface area contributed by atoms with Crippen LogP contribution in [-0.4, -0.2) is 36.6 Å². The van der Waals surface area contributed by atoms with Crippen molar-refractivity contribution in [3.63, 3.8) is 0 Å². The maximum atomic E-state index is 13.2. The van der Waals surface area contributed by atoms with E-state index >= 15 is 0 Å². The van der Waals surface area contributed by atoms with E-state index in [2.05, 4.69) is 6.07 Å². The predicted molar refractivity (Wildman–Crippen MR) is 108 cm³/mol. The van der Waals surface area contributed by atoms with Crippen molar-refractivity contribution in [2.24, 2.45) is 0 Å². The monoisotopic (exact) mass is 410 g/mol. The van der Waals surface area contributed by atoms with Crippen molar-refractivity contribution in [1.82, 2.24) is 9.21 Å². The fourth-order valence-electron chi connectivity index (χ4n) is 3.50. The molecule has 4 rings (SSSR count). The number of amides is 1. The fourth-order valence-corrected chi connectivity index (χ4v) is 4.88. The highest BCUT2D eigenvalue weighted by Gasteiger charge is 2.30. The Bertz CT molecular complexity index is 1080. The van der Waals surface area contributed by atoms with Crippen molar-refractivity contribution in [3.05, 3.63) is 89.9 Å². The summed E-state index contributed by atoms with van der Waals surface area (Å²) < 4.78 is 32.9. The average Bonchev–Trinajstić information content (AvgIpc) is 3.26. The molecule has 0 saturated heterocycles. The summed E-state index contributed by atoms with van der Waals surface area (Å²) in [7, 11) is -3.85. The summed E-state index contributed by atoms with van der Waals surface area (Å²) in [6, 6.07) is 19.6. The van der Waals surface area contributed by atoms with Crippen molar-refractivity contribution in [2.75, 3.05) is 13.1 Å². The molecule has 1 aliphatic rings. The van der Waals surface area contributed by atoms with E-state index in [0.717, 1.165) is 12.0 Å². The van der Waals surface area contributed by atoms with Crippen LogP contribution >= 0.6 is 0 Å². The third kappa shape index (κ3) is 4.26. The van der Waals surface area contributed by atoms with Gasteiger partial charge in [0.15, 0.2) is 0 Å². The van der Waals surface area contributed by atoms with Gasteiger partial charge in [-0.25, -0.2) is 8.42 Å². The summed E-state index contributed by atoms with van der Waals surface area (Å²) in [5.74, 6) is 0.270. The van der Waals surface area contributed by atoms with E-state index in [0.29, 0.717) is 18.8 Å². The molecule has 0 aliphatic carbocycles. The first-order valence-electron chi connectivity index (χ1n) is 9.46. The van der Waals surface area contributed by atoms with Gasteiger partial charge in [0.1, 0.15) is 5.76 Å². The topological polar surface area (TPSA) is 70.8 Å². The molecule has 29 heavy (non-hydrogen) atoms. The molecule has 0 unspecified atom stereocenters. The van der Waals surface area contributed by atoms with Crippen LogP contribution in [0.15, 0.2) is 82.3 Å². The molecule has 0 spiro atoms. The number of carbonyl (C=O) groups excluding carboxylic acids is 1. The van der Waals surface area contributed by atoms with Crippen molar-refractivity contribution >= 4 is 15.9 Å². The SMILES string of the molecule is O=C(CN(Cc1ccco1)S(=O)(=O)c1ccccc1)N1CCc2ccccc2C1. The number of benzene rings is 2. The maximum absolute atomic E-state index is 13.2. The van der Waals surface area contributed by atoms with Gasteiger partial charge in [0.25, 0.3) is 0 Å². The van der Waals surface area contributed by atoms with Gasteiger partial charge in [0.05, 0.1) is 24.2 Å². The van der Waals surface area contributed by atoms with Gasteiger partial charge in [-0.15, -0.1) is 0 Å². The molecule has 2 aromatic carbocycles. The summed E-state index contributed by atoms with van der Waals surface area (Å²) in [6.45, 7) is 0.839. The molecular weight excluding hydrogens is 388 g/mol. The number of carbonyl (C=O) groups is 1. The van der Waals surface area contributed by atoms with Crippen LogP contribution < -0.4 is 0 Å². The zero-order valence-electron chi connectivity index (χ0n) is 15.9. The minimum Gasteiger partial charge on any atom is -0.468 e. The highest BCUT2D eigenvalue weighted by Crippen LogP contribution is 2.21. The van der Waals surface area contributed by atoms with Gasteiger partial charge >= 0.3 is 0 Å². The molecular formula is C22H22N2O4S. The van der Waals surface area contributed by atoms with Crippen LogP contribution in [0.1, 0.15) is 16.9 Å². The van der Waals surface area contributed by atoms with Crippen LogP contribution in [0.2, 0.25) is 0 Å². The molecule has 1 amide bonds. The quantitative estimate of drug-likeness (QED) is 0.626. The van der Waals surface area contributed by atoms with Crippen LogP contribution in [0, 0.1) is 0 Å². The molecule has 2 heterocycles. The lowest BCUT2D eigenvalue weighted by Gasteiger charge is -2.31. The Kier molecular flexibility index (Phi) is 5.51. The molecule has 1 aromatic heterocycles. The Hall–Kier alpha value is -2.90. The average molecular weight is 410 g/mol. The molecule has 0 saturated carbocycles. The summed E-state index contributed by atoms with van der Waals surface area (Å²) in [5, 5.41) is 0. The Morgan fingerprint density at radius 1 is 0.966 bits per heavy atom. The Labute approximate surface area is 170 Å². The predicted octanol–water partition coefficient (Wildman–Crippen LogP) is 3.06. The molecule has 0 bridgehead atoms. The first-order chi connectivity index (χ1) is 14.0. The lowest BCUT2D eigenvalue weighted by Crippen LogP contribution is -2.44. The van der Waals surface area contributed by atoms with Gasteiger partial charge in [-0.05, 0) is 41.8 Å². The lowest BCUT2D eigenvalue weighted by atomic mass is 10.00. The number of hydrogen-bond acceptors (Lipinski definition) is 4. The van der Waals surface area contributed by atoms with Crippen molar-refractivity contribution in [1.29, 1.82) is 0 Å². The summed E-state index contributed by atoms with van der Waals surface area (Å²) >= 11 is 0. The van der Waals surface area contributed by atoms with Crippen LogP contribution in [0.5, 0.6) is 0 Å². The minimum absolute atomic E-state index is 0.000391. The molecule has 150 valence electrons. The van der Waals surface area contributed by atoms with Crippen LogP contribution in [-0.2, 0) is 34.3 Å². The second kappa shape index (κ2) is 8.23. The largest absolute Gasteiger partial charge is 0.468 e. The minimum atomic E-state index is -3.85. The van der Waals surface area contributed by atoms with Gasteiger partial charge in [0.2, 0.25) is 15.9 Å². The normalized spacial score (nSPS) is 14.0. The number of rotatable bonds is 6. The molecule has 0 radical (unpaired) electrons. The molecule has 3 aromatic rings. The van der Waals surface area contributed by atoms with E-state index in [1.807, 2.05) is 18.2 Å².